The zero-order valence-corrected chi connectivity index (χ0v) is 10.7. The summed E-state index contributed by atoms with van der Waals surface area (Å²) in [5, 5.41) is 15.3. The molecule has 0 aliphatic carbocycles. The van der Waals surface area contributed by atoms with E-state index in [1.165, 1.54) is 0 Å². The Hall–Kier alpha value is -1.83. The molecule has 18 heavy (non-hydrogen) atoms. The van der Waals surface area contributed by atoms with Gasteiger partial charge in [-0.15, -0.1) is 5.10 Å². The van der Waals surface area contributed by atoms with Crippen molar-refractivity contribution in [3.05, 3.63) is 17.5 Å². The van der Waals surface area contributed by atoms with E-state index >= 15 is 0 Å². The number of rotatable bonds is 6. The second-order valence-corrected chi connectivity index (χ2v) is 3.93. The fourth-order valence-electron chi connectivity index (χ4n) is 1.48. The van der Waals surface area contributed by atoms with Crippen LogP contribution in [-0.2, 0) is 17.7 Å². The summed E-state index contributed by atoms with van der Waals surface area (Å²) >= 11 is 0. The topological polar surface area (TPSA) is 91.8 Å². The van der Waals surface area contributed by atoms with Crippen LogP contribution in [0, 0.1) is 0 Å². The van der Waals surface area contributed by atoms with Crippen LogP contribution in [0.5, 0.6) is 0 Å². The lowest BCUT2D eigenvalue weighted by atomic mass is 10.3. The maximum Gasteiger partial charge on any atom is 0.248 e. The van der Waals surface area contributed by atoms with E-state index in [4.69, 9.17) is 9.26 Å². The molecule has 0 saturated carbocycles. The standard InChI is InChI=1S/C10H16N6O2/c1-4-5-8-12-14-15-16(8)6-9-11-10(13-18-9)7(2)17-3/h7H,4-6H2,1-3H3/t7-/m1/s1. The van der Waals surface area contributed by atoms with Gasteiger partial charge in [0.2, 0.25) is 5.89 Å². The van der Waals surface area contributed by atoms with E-state index < -0.39 is 0 Å². The molecule has 0 aromatic carbocycles. The van der Waals surface area contributed by atoms with E-state index in [1.807, 2.05) is 6.92 Å². The Morgan fingerprint density at radius 1 is 1.44 bits per heavy atom. The summed E-state index contributed by atoms with van der Waals surface area (Å²) in [6, 6.07) is 0. The Morgan fingerprint density at radius 2 is 2.28 bits per heavy atom. The molecule has 0 aliphatic heterocycles. The molecule has 0 amide bonds. The third kappa shape index (κ3) is 2.70. The maximum absolute atomic E-state index is 5.14. The number of aryl methyl sites for hydroxylation is 1. The maximum atomic E-state index is 5.14. The molecule has 0 fully saturated rings. The quantitative estimate of drug-likeness (QED) is 0.749. The Bertz CT molecular complexity index is 494. The van der Waals surface area contributed by atoms with Gasteiger partial charge < -0.3 is 9.26 Å². The lowest BCUT2D eigenvalue weighted by Gasteiger charge is -2.01. The largest absolute Gasteiger partial charge is 0.374 e. The normalized spacial score (nSPS) is 12.8. The van der Waals surface area contributed by atoms with Crippen LogP contribution in [-0.4, -0.2) is 37.5 Å². The van der Waals surface area contributed by atoms with Gasteiger partial charge in [0.15, 0.2) is 11.6 Å². The Kier molecular flexibility index (Phi) is 3.98. The molecule has 0 radical (unpaired) electrons. The van der Waals surface area contributed by atoms with Gasteiger partial charge in [0.05, 0.1) is 0 Å². The van der Waals surface area contributed by atoms with Gasteiger partial charge in [0, 0.05) is 13.5 Å². The molecule has 0 saturated heterocycles. The number of methoxy groups -OCH3 is 1. The van der Waals surface area contributed by atoms with Crippen molar-refractivity contribution in [1.29, 1.82) is 0 Å². The molecule has 98 valence electrons. The van der Waals surface area contributed by atoms with Crippen LogP contribution >= 0.6 is 0 Å². The zero-order chi connectivity index (χ0) is 13.0. The van der Waals surface area contributed by atoms with Crippen LogP contribution in [0.3, 0.4) is 0 Å². The fourth-order valence-corrected chi connectivity index (χ4v) is 1.48. The van der Waals surface area contributed by atoms with Crippen LogP contribution in [0.1, 0.15) is 43.9 Å². The van der Waals surface area contributed by atoms with E-state index in [1.54, 1.807) is 11.8 Å². The van der Waals surface area contributed by atoms with Crippen molar-refractivity contribution in [2.75, 3.05) is 7.11 Å². The highest BCUT2D eigenvalue weighted by Crippen LogP contribution is 2.12. The number of nitrogens with zero attached hydrogens (tertiary/aromatic N) is 6. The van der Waals surface area contributed by atoms with Gasteiger partial charge in [-0.05, 0) is 23.8 Å². The summed E-state index contributed by atoms with van der Waals surface area (Å²) < 4.78 is 11.9. The molecule has 0 unspecified atom stereocenters. The first kappa shape index (κ1) is 12.6. The molecule has 0 aliphatic rings. The van der Waals surface area contributed by atoms with Gasteiger partial charge in [-0.1, -0.05) is 12.1 Å². The highest BCUT2D eigenvalue weighted by molar-refractivity contribution is 4.92. The van der Waals surface area contributed by atoms with Gasteiger partial charge in [-0.3, -0.25) is 0 Å². The predicted octanol–water partition coefficient (Wildman–Crippen LogP) is 0.764. The smallest absolute Gasteiger partial charge is 0.248 e. The second kappa shape index (κ2) is 5.67. The number of ether oxygens (including phenoxy) is 1. The zero-order valence-electron chi connectivity index (χ0n) is 10.7. The Labute approximate surface area is 104 Å². The van der Waals surface area contributed by atoms with Crippen molar-refractivity contribution in [3.63, 3.8) is 0 Å². The van der Waals surface area contributed by atoms with E-state index in [-0.39, 0.29) is 6.10 Å². The minimum absolute atomic E-state index is 0.188. The summed E-state index contributed by atoms with van der Waals surface area (Å²) in [5.74, 6) is 1.81. The van der Waals surface area contributed by atoms with Crippen molar-refractivity contribution in [3.8, 4) is 0 Å². The Morgan fingerprint density at radius 3 is 3.00 bits per heavy atom. The molecule has 2 rings (SSSR count). The van der Waals surface area contributed by atoms with Crippen molar-refractivity contribution in [2.45, 2.75) is 39.3 Å². The second-order valence-electron chi connectivity index (χ2n) is 3.93. The van der Waals surface area contributed by atoms with Gasteiger partial charge >= 0.3 is 0 Å². The van der Waals surface area contributed by atoms with Gasteiger partial charge in [-0.25, -0.2) is 4.68 Å². The van der Waals surface area contributed by atoms with E-state index in [9.17, 15) is 0 Å². The lowest BCUT2D eigenvalue weighted by Crippen LogP contribution is -2.07. The molecule has 8 nitrogen and oxygen atoms in total. The van der Waals surface area contributed by atoms with E-state index in [0.717, 1.165) is 18.7 Å². The minimum atomic E-state index is -0.188. The predicted molar refractivity (Wildman–Crippen MR) is 60.6 cm³/mol. The molecular formula is C10H16N6O2. The minimum Gasteiger partial charge on any atom is -0.374 e. The molecule has 2 aromatic heterocycles. The van der Waals surface area contributed by atoms with Gasteiger partial charge in [-0.2, -0.15) is 4.98 Å². The van der Waals surface area contributed by atoms with Crippen molar-refractivity contribution in [2.24, 2.45) is 0 Å². The first-order valence-corrected chi connectivity index (χ1v) is 5.85. The average Bonchev–Trinajstić information content (AvgIpc) is 3.00. The molecule has 2 aromatic rings. The number of hydrogen-bond donors (Lipinski definition) is 0. The van der Waals surface area contributed by atoms with Crippen LogP contribution in [0.15, 0.2) is 4.52 Å². The van der Waals surface area contributed by atoms with Crippen LogP contribution in [0.2, 0.25) is 0 Å². The van der Waals surface area contributed by atoms with Crippen molar-refractivity contribution < 1.29 is 9.26 Å². The molecule has 0 bridgehead atoms. The lowest BCUT2D eigenvalue weighted by molar-refractivity contribution is 0.109. The van der Waals surface area contributed by atoms with Gasteiger partial charge in [0.25, 0.3) is 0 Å². The molecule has 0 N–H and O–H groups in total. The molecule has 8 heteroatoms. The summed E-state index contributed by atoms with van der Waals surface area (Å²) in [5.41, 5.74) is 0. The van der Waals surface area contributed by atoms with Crippen LogP contribution in [0.4, 0.5) is 0 Å². The average molecular weight is 252 g/mol. The van der Waals surface area contributed by atoms with Crippen LogP contribution in [0.25, 0.3) is 0 Å². The highest BCUT2D eigenvalue weighted by atomic mass is 16.5. The summed E-state index contributed by atoms with van der Waals surface area (Å²) in [7, 11) is 1.60. The summed E-state index contributed by atoms with van der Waals surface area (Å²) in [4.78, 5) is 4.24. The highest BCUT2D eigenvalue weighted by Gasteiger charge is 2.15. The van der Waals surface area contributed by atoms with Gasteiger partial charge in [0.1, 0.15) is 12.6 Å². The fraction of sp³-hybridized carbons (Fsp3) is 0.700. The van der Waals surface area contributed by atoms with Crippen LogP contribution < -0.4 is 0 Å². The number of tetrazole rings is 1. The van der Waals surface area contributed by atoms with E-state index in [0.29, 0.717) is 18.3 Å². The first-order chi connectivity index (χ1) is 8.74. The number of aromatic nitrogens is 6. The Balaban J connectivity index is 2.09. The summed E-state index contributed by atoms with van der Waals surface area (Å²) in [6.07, 6.45) is 1.62. The third-order valence-electron chi connectivity index (χ3n) is 2.57. The first-order valence-electron chi connectivity index (χ1n) is 5.85. The molecular weight excluding hydrogens is 236 g/mol. The summed E-state index contributed by atoms with van der Waals surface area (Å²) in [6.45, 7) is 4.31. The van der Waals surface area contributed by atoms with E-state index in [2.05, 4.69) is 32.6 Å². The third-order valence-corrected chi connectivity index (χ3v) is 2.57. The monoisotopic (exact) mass is 252 g/mol. The number of hydrogen-bond acceptors (Lipinski definition) is 7. The molecule has 2 heterocycles. The van der Waals surface area contributed by atoms with Crippen molar-refractivity contribution in [1.82, 2.24) is 30.3 Å². The SMILES string of the molecule is CCCc1nnnn1Cc1nc([C@@H](C)OC)no1. The van der Waals surface area contributed by atoms with Crippen molar-refractivity contribution >= 4 is 0 Å². The molecule has 0 spiro atoms. The molecule has 1 atom stereocenters.